The summed E-state index contributed by atoms with van der Waals surface area (Å²) in [4.78, 5) is 4.28. The van der Waals surface area contributed by atoms with Gasteiger partial charge in [-0.25, -0.2) is 4.98 Å². The Morgan fingerprint density at radius 1 is 1.44 bits per heavy atom. The molecule has 6 heteroatoms. The van der Waals surface area contributed by atoms with Crippen LogP contribution in [0.4, 0.5) is 0 Å². The average molecular weight is 237 g/mol. The molecule has 0 fully saturated rings. The second-order valence-electron chi connectivity index (χ2n) is 3.62. The van der Waals surface area contributed by atoms with E-state index in [9.17, 15) is 0 Å². The first-order valence-corrected chi connectivity index (χ1v) is 5.83. The van der Waals surface area contributed by atoms with Crippen LogP contribution in [0.3, 0.4) is 0 Å². The molecule has 0 atom stereocenters. The van der Waals surface area contributed by atoms with Crippen LogP contribution in [0, 0.1) is 6.92 Å². The van der Waals surface area contributed by atoms with Crippen molar-refractivity contribution in [3.05, 3.63) is 23.7 Å². The van der Waals surface area contributed by atoms with Crippen molar-refractivity contribution in [1.29, 1.82) is 0 Å². The van der Waals surface area contributed by atoms with E-state index in [0.717, 1.165) is 21.4 Å². The highest BCUT2D eigenvalue weighted by Gasteiger charge is 2.14. The summed E-state index contributed by atoms with van der Waals surface area (Å²) in [6.07, 6.45) is 3.71. The third kappa shape index (κ3) is 1.85. The normalized spacial score (nSPS) is 11.0. The maximum atomic E-state index is 5.74. The van der Waals surface area contributed by atoms with Crippen molar-refractivity contribution in [2.45, 2.75) is 23.7 Å². The minimum atomic E-state index is 0.506. The van der Waals surface area contributed by atoms with E-state index in [1.165, 1.54) is 0 Å². The minimum Gasteiger partial charge on any atom is -0.329 e. The SMILES string of the molecule is Cc1nn(C)c(Sc2nccn2C)c1CN. The van der Waals surface area contributed by atoms with Crippen LogP contribution in [0.2, 0.25) is 0 Å². The highest BCUT2D eigenvalue weighted by Crippen LogP contribution is 2.29. The van der Waals surface area contributed by atoms with Crippen LogP contribution in [-0.4, -0.2) is 19.3 Å². The number of nitrogens with zero attached hydrogens (tertiary/aromatic N) is 4. The number of nitrogens with two attached hydrogens (primary N) is 1. The molecule has 0 radical (unpaired) electrons. The summed E-state index contributed by atoms with van der Waals surface area (Å²) in [5, 5.41) is 6.38. The highest BCUT2D eigenvalue weighted by atomic mass is 32.2. The molecule has 86 valence electrons. The van der Waals surface area contributed by atoms with E-state index in [2.05, 4.69) is 10.1 Å². The molecule has 2 heterocycles. The molecule has 2 aromatic rings. The maximum absolute atomic E-state index is 5.74. The first kappa shape index (κ1) is 11.2. The number of rotatable bonds is 3. The topological polar surface area (TPSA) is 61.7 Å². The van der Waals surface area contributed by atoms with Crippen LogP contribution in [-0.2, 0) is 20.6 Å². The summed E-state index contributed by atoms with van der Waals surface area (Å²) in [5.41, 5.74) is 7.82. The fraction of sp³-hybridized carbons (Fsp3) is 0.400. The van der Waals surface area contributed by atoms with Gasteiger partial charge in [0.1, 0.15) is 5.03 Å². The molecule has 0 saturated carbocycles. The smallest absolute Gasteiger partial charge is 0.174 e. The van der Waals surface area contributed by atoms with Gasteiger partial charge in [0.2, 0.25) is 0 Å². The Labute approximate surface area is 98.7 Å². The largest absolute Gasteiger partial charge is 0.329 e. The molecule has 0 spiro atoms. The molecular weight excluding hydrogens is 222 g/mol. The Kier molecular flexibility index (Phi) is 3.02. The highest BCUT2D eigenvalue weighted by molar-refractivity contribution is 7.99. The van der Waals surface area contributed by atoms with Gasteiger partial charge < -0.3 is 10.3 Å². The number of imidazole rings is 1. The molecule has 2 rings (SSSR count). The van der Waals surface area contributed by atoms with Gasteiger partial charge in [0.25, 0.3) is 0 Å². The number of aromatic nitrogens is 4. The van der Waals surface area contributed by atoms with E-state index in [-0.39, 0.29) is 0 Å². The zero-order valence-corrected chi connectivity index (χ0v) is 10.5. The number of aryl methyl sites for hydroxylation is 3. The summed E-state index contributed by atoms with van der Waals surface area (Å²) in [6, 6.07) is 0. The van der Waals surface area contributed by atoms with Crippen molar-refractivity contribution in [2.24, 2.45) is 19.8 Å². The van der Waals surface area contributed by atoms with Crippen molar-refractivity contribution < 1.29 is 0 Å². The lowest BCUT2D eigenvalue weighted by atomic mass is 10.3. The van der Waals surface area contributed by atoms with Crippen LogP contribution >= 0.6 is 11.8 Å². The van der Waals surface area contributed by atoms with Crippen LogP contribution in [0.15, 0.2) is 22.6 Å². The van der Waals surface area contributed by atoms with Crippen molar-refractivity contribution in [1.82, 2.24) is 19.3 Å². The van der Waals surface area contributed by atoms with Crippen molar-refractivity contribution >= 4 is 11.8 Å². The Bertz CT molecular complexity index is 499. The molecule has 0 unspecified atom stereocenters. The molecule has 16 heavy (non-hydrogen) atoms. The predicted molar refractivity (Wildman–Crippen MR) is 63.2 cm³/mol. The summed E-state index contributed by atoms with van der Waals surface area (Å²) in [7, 11) is 3.90. The van der Waals surface area contributed by atoms with E-state index in [1.807, 2.05) is 36.5 Å². The third-order valence-electron chi connectivity index (χ3n) is 2.46. The standard InChI is InChI=1S/C10H15N5S/c1-7-8(6-11)9(15(3)13-7)16-10-12-4-5-14(10)2/h4-5H,6,11H2,1-3H3. The van der Waals surface area contributed by atoms with Gasteiger partial charge in [0.15, 0.2) is 5.16 Å². The lowest BCUT2D eigenvalue weighted by molar-refractivity contribution is 0.684. The summed E-state index contributed by atoms with van der Waals surface area (Å²) in [5.74, 6) is 0. The molecule has 0 bridgehead atoms. The van der Waals surface area contributed by atoms with Gasteiger partial charge in [-0.3, -0.25) is 4.68 Å². The fourth-order valence-electron chi connectivity index (χ4n) is 1.58. The van der Waals surface area contributed by atoms with Crippen molar-refractivity contribution in [3.8, 4) is 0 Å². The third-order valence-corrected chi connectivity index (χ3v) is 3.74. The number of hydrogen-bond acceptors (Lipinski definition) is 4. The van der Waals surface area contributed by atoms with Crippen LogP contribution in [0.1, 0.15) is 11.3 Å². The first-order valence-electron chi connectivity index (χ1n) is 5.01. The van der Waals surface area contributed by atoms with Gasteiger partial charge in [0, 0.05) is 38.6 Å². The van der Waals surface area contributed by atoms with Crippen molar-refractivity contribution in [2.75, 3.05) is 0 Å². The van der Waals surface area contributed by atoms with Crippen molar-refractivity contribution in [3.63, 3.8) is 0 Å². The monoisotopic (exact) mass is 237 g/mol. The van der Waals surface area contributed by atoms with E-state index in [4.69, 9.17) is 5.73 Å². The van der Waals surface area contributed by atoms with E-state index < -0.39 is 0 Å². The van der Waals surface area contributed by atoms with Gasteiger partial charge in [-0.05, 0) is 18.7 Å². The molecule has 0 amide bonds. The van der Waals surface area contributed by atoms with Crippen LogP contribution in [0.5, 0.6) is 0 Å². The van der Waals surface area contributed by atoms with Gasteiger partial charge >= 0.3 is 0 Å². The molecule has 0 aliphatic rings. The Balaban J connectivity index is 2.38. The fourth-order valence-corrected chi connectivity index (χ4v) is 2.60. The van der Waals surface area contributed by atoms with Gasteiger partial charge in [-0.2, -0.15) is 5.10 Å². The Morgan fingerprint density at radius 3 is 2.75 bits per heavy atom. The lowest BCUT2D eigenvalue weighted by Gasteiger charge is -2.04. The molecule has 0 aliphatic heterocycles. The van der Waals surface area contributed by atoms with Gasteiger partial charge in [0.05, 0.1) is 5.69 Å². The lowest BCUT2D eigenvalue weighted by Crippen LogP contribution is -2.00. The average Bonchev–Trinajstić information content (AvgIpc) is 2.74. The second kappa shape index (κ2) is 4.31. The van der Waals surface area contributed by atoms with Gasteiger partial charge in [-0.15, -0.1) is 0 Å². The maximum Gasteiger partial charge on any atom is 0.174 e. The minimum absolute atomic E-state index is 0.506. The summed E-state index contributed by atoms with van der Waals surface area (Å²) in [6.45, 7) is 2.48. The second-order valence-corrected chi connectivity index (χ2v) is 4.58. The van der Waals surface area contributed by atoms with E-state index >= 15 is 0 Å². The van der Waals surface area contributed by atoms with E-state index in [1.54, 1.807) is 18.0 Å². The molecule has 2 N–H and O–H groups in total. The first-order chi connectivity index (χ1) is 7.63. The zero-order chi connectivity index (χ0) is 11.7. The predicted octanol–water partition coefficient (Wildman–Crippen LogP) is 1.07. The van der Waals surface area contributed by atoms with E-state index in [0.29, 0.717) is 6.54 Å². The molecule has 0 saturated heterocycles. The zero-order valence-electron chi connectivity index (χ0n) is 9.64. The number of hydrogen-bond donors (Lipinski definition) is 1. The Hall–Kier alpha value is -1.27. The summed E-state index contributed by atoms with van der Waals surface area (Å²) >= 11 is 1.59. The summed E-state index contributed by atoms with van der Waals surface area (Å²) < 4.78 is 3.84. The van der Waals surface area contributed by atoms with Gasteiger partial charge in [-0.1, -0.05) is 0 Å². The van der Waals surface area contributed by atoms with Crippen LogP contribution < -0.4 is 5.73 Å². The molecule has 0 aliphatic carbocycles. The Morgan fingerprint density at radius 2 is 2.19 bits per heavy atom. The van der Waals surface area contributed by atoms with Crippen LogP contribution in [0.25, 0.3) is 0 Å². The molecule has 0 aromatic carbocycles. The quantitative estimate of drug-likeness (QED) is 0.867. The molecule has 5 nitrogen and oxygen atoms in total. The molecule has 2 aromatic heterocycles. The molecular formula is C10H15N5S.